The van der Waals surface area contributed by atoms with Gasteiger partial charge in [0, 0.05) is 44.5 Å². The zero-order chi connectivity index (χ0) is 35.2. The lowest BCUT2D eigenvalue weighted by molar-refractivity contribution is -0.138. The van der Waals surface area contributed by atoms with E-state index in [1.807, 2.05) is 0 Å². The predicted octanol–water partition coefficient (Wildman–Crippen LogP) is 2.37. The Morgan fingerprint density at radius 3 is 2.41 bits per heavy atom. The highest BCUT2D eigenvalue weighted by Gasteiger charge is 2.75. The third-order valence-electron chi connectivity index (χ3n) is 9.79. The number of imide groups is 1. The van der Waals surface area contributed by atoms with Crippen LogP contribution in [0.2, 0.25) is 0 Å². The first-order valence-electron chi connectivity index (χ1n) is 15.1. The van der Waals surface area contributed by atoms with E-state index >= 15 is 0 Å². The molecule has 2 aromatic carbocycles. The van der Waals surface area contributed by atoms with Gasteiger partial charge in [-0.1, -0.05) is 34.1 Å². The molecule has 2 aliphatic heterocycles. The van der Waals surface area contributed by atoms with E-state index in [-0.39, 0.29) is 42.8 Å². The molecule has 17 heteroatoms. The molecular formula is C32H29BrCl2N6O8. The van der Waals surface area contributed by atoms with Gasteiger partial charge in [-0.15, -0.1) is 23.2 Å². The van der Waals surface area contributed by atoms with Crippen LogP contribution in [0.5, 0.6) is 17.2 Å². The number of ether oxygens (including phenoxy) is 2. The van der Waals surface area contributed by atoms with Crippen LogP contribution in [0.3, 0.4) is 0 Å². The van der Waals surface area contributed by atoms with Crippen LogP contribution in [-0.2, 0) is 36.1 Å². The monoisotopic (exact) mass is 774 g/mol. The molecule has 1 N–H and O–H groups in total. The Morgan fingerprint density at radius 1 is 1.02 bits per heavy atom. The summed E-state index contributed by atoms with van der Waals surface area (Å²) < 4.78 is 15.6. The Morgan fingerprint density at radius 2 is 1.73 bits per heavy atom. The van der Waals surface area contributed by atoms with Crippen molar-refractivity contribution in [3.63, 3.8) is 0 Å². The summed E-state index contributed by atoms with van der Waals surface area (Å²) in [5.41, 5.74) is 0.0835. The summed E-state index contributed by atoms with van der Waals surface area (Å²) in [4.78, 5) is 70.2. The summed E-state index contributed by atoms with van der Waals surface area (Å²) in [6, 6.07) is 8.45. The quantitative estimate of drug-likeness (QED) is 0.129. The van der Waals surface area contributed by atoms with Crippen LogP contribution in [0.15, 0.2) is 62.4 Å². The van der Waals surface area contributed by atoms with E-state index in [1.54, 1.807) is 37.4 Å². The van der Waals surface area contributed by atoms with Gasteiger partial charge in [-0.05, 0) is 23.3 Å². The minimum Gasteiger partial charge on any atom is -0.508 e. The molecule has 4 heterocycles. The highest BCUT2D eigenvalue weighted by molar-refractivity contribution is 9.09. The van der Waals surface area contributed by atoms with E-state index in [0.717, 1.165) is 9.47 Å². The zero-order valence-electron chi connectivity index (χ0n) is 26.4. The lowest BCUT2D eigenvalue weighted by atomic mass is 9.64. The van der Waals surface area contributed by atoms with E-state index in [9.17, 15) is 29.1 Å². The van der Waals surface area contributed by atoms with Gasteiger partial charge in [-0.2, -0.15) is 0 Å². The average molecular weight is 776 g/mol. The van der Waals surface area contributed by atoms with E-state index in [4.69, 9.17) is 32.7 Å². The Kier molecular flexibility index (Phi) is 7.87. The van der Waals surface area contributed by atoms with Crippen molar-refractivity contribution in [2.24, 2.45) is 7.05 Å². The average Bonchev–Trinajstić information content (AvgIpc) is 3.41. The molecule has 256 valence electrons. The molecule has 2 amide bonds. The molecule has 1 saturated carbocycles. The summed E-state index contributed by atoms with van der Waals surface area (Å²) in [5.74, 6) is -1.76. The number of carbonyl (C=O) groups excluding carboxylic acids is 2. The van der Waals surface area contributed by atoms with Crippen LogP contribution in [0, 0.1) is 0 Å². The van der Waals surface area contributed by atoms with Gasteiger partial charge in [-0.3, -0.25) is 19.3 Å². The first-order valence-corrected chi connectivity index (χ1v) is 17.0. The molecule has 0 radical (unpaired) electrons. The number of phenols is 1. The normalized spacial score (nSPS) is 24.4. The number of phenolic OH excluding ortho intramolecular Hbond substituents is 1. The van der Waals surface area contributed by atoms with Crippen molar-refractivity contribution in [2.75, 3.05) is 19.7 Å². The standard InChI is InChI=1S/C32H29BrCl2N6O8/c1-37-21-13-24(49-3)23(48-2)12-20(21)36-19(26(37)43)8-9-38-29(46)40-10-7-18-22(41(40)30(38)47)14-31(34)27(44)39(15-33)28(45)32(31,35)25(18)16-5-4-6-17(42)11-16/h4-7,11-13,22,25,42H,8-10,14-15H2,1-3H3. The predicted molar refractivity (Wildman–Crippen MR) is 182 cm³/mol. The van der Waals surface area contributed by atoms with Crippen LogP contribution in [-0.4, -0.2) is 74.7 Å². The number of allylic oxidation sites excluding steroid dienone is 2. The third-order valence-corrected chi connectivity index (χ3v) is 11.7. The number of hydrogen-bond acceptors (Lipinski definition) is 9. The molecule has 3 aliphatic rings. The molecule has 49 heavy (non-hydrogen) atoms. The number of alkyl halides is 3. The fourth-order valence-electron chi connectivity index (χ4n) is 7.42. The maximum absolute atomic E-state index is 14.1. The SMILES string of the molecule is COc1cc2nc(CCn3c(=O)n4n(c3=O)C3CC5(Cl)C(=O)N(CBr)C(=O)C5(Cl)C(c5cccc(O)c5)C3=CC4)c(=O)n(C)c2cc1OC. The molecule has 0 bridgehead atoms. The number of aromatic nitrogens is 5. The topological polar surface area (TPSA) is 160 Å². The number of methoxy groups -OCH3 is 2. The Labute approximate surface area is 295 Å². The second-order valence-corrected chi connectivity index (χ2v) is 13.9. The Hall–Kier alpha value is -4.34. The Bertz CT molecular complexity index is 2310. The van der Waals surface area contributed by atoms with Gasteiger partial charge >= 0.3 is 11.4 Å². The fraction of sp³-hybridized carbons (Fsp3) is 0.375. The van der Waals surface area contributed by atoms with Gasteiger partial charge in [0.05, 0.1) is 43.3 Å². The molecule has 7 rings (SSSR count). The summed E-state index contributed by atoms with van der Waals surface area (Å²) in [5, 5.41) is 10.4. The number of aryl methyl sites for hydroxylation is 2. The van der Waals surface area contributed by atoms with Gasteiger partial charge in [-0.25, -0.2) is 28.5 Å². The molecule has 1 aliphatic carbocycles. The van der Waals surface area contributed by atoms with Crippen LogP contribution < -0.4 is 26.4 Å². The number of nitrogens with zero attached hydrogens (tertiary/aromatic N) is 6. The molecule has 2 aromatic heterocycles. The van der Waals surface area contributed by atoms with Crippen molar-refractivity contribution < 1.29 is 24.2 Å². The summed E-state index contributed by atoms with van der Waals surface area (Å²) in [6.45, 7) is -0.226. The second kappa shape index (κ2) is 11.6. The molecular weight excluding hydrogens is 747 g/mol. The highest BCUT2D eigenvalue weighted by atomic mass is 79.9. The van der Waals surface area contributed by atoms with Crippen LogP contribution >= 0.6 is 39.1 Å². The van der Waals surface area contributed by atoms with E-state index in [1.165, 1.54) is 40.3 Å². The van der Waals surface area contributed by atoms with Crippen molar-refractivity contribution in [2.45, 2.75) is 47.6 Å². The molecule has 2 fully saturated rings. The van der Waals surface area contributed by atoms with Crippen molar-refractivity contribution in [1.82, 2.24) is 28.4 Å². The number of likely N-dealkylation sites (tertiary alicyclic amines) is 1. The van der Waals surface area contributed by atoms with Crippen LogP contribution in [0.1, 0.15) is 29.6 Å². The van der Waals surface area contributed by atoms with Gasteiger partial charge in [0.25, 0.3) is 17.4 Å². The van der Waals surface area contributed by atoms with Crippen LogP contribution in [0.4, 0.5) is 0 Å². The third kappa shape index (κ3) is 4.51. The largest absolute Gasteiger partial charge is 0.508 e. The summed E-state index contributed by atoms with van der Waals surface area (Å²) in [7, 11) is 4.55. The number of amides is 2. The maximum atomic E-state index is 14.1. The van der Waals surface area contributed by atoms with Gasteiger partial charge < -0.3 is 19.1 Å². The number of carbonyl (C=O) groups is 2. The van der Waals surface area contributed by atoms with Gasteiger partial charge in [0.15, 0.2) is 21.2 Å². The molecule has 1 saturated heterocycles. The number of halogens is 3. The number of benzene rings is 2. The zero-order valence-corrected chi connectivity index (χ0v) is 29.5. The fourth-order valence-corrected chi connectivity index (χ4v) is 8.83. The van der Waals surface area contributed by atoms with E-state index in [2.05, 4.69) is 20.9 Å². The molecule has 0 spiro atoms. The minimum atomic E-state index is -2.01. The van der Waals surface area contributed by atoms with Gasteiger partial charge in [0.1, 0.15) is 11.4 Å². The van der Waals surface area contributed by atoms with Crippen LogP contribution in [0.25, 0.3) is 11.0 Å². The Balaban J connectivity index is 1.31. The number of hydrogen-bond donors (Lipinski definition) is 1. The smallest absolute Gasteiger partial charge is 0.347 e. The van der Waals surface area contributed by atoms with E-state index in [0.29, 0.717) is 33.7 Å². The van der Waals surface area contributed by atoms with Crippen molar-refractivity contribution in [1.29, 1.82) is 0 Å². The second-order valence-electron chi connectivity index (χ2n) is 12.1. The van der Waals surface area contributed by atoms with Crippen molar-refractivity contribution >= 4 is 62.0 Å². The molecule has 4 atom stereocenters. The lowest BCUT2D eigenvalue weighted by Gasteiger charge is -2.49. The maximum Gasteiger partial charge on any atom is 0.347 e. The molecule has 4 unspecified atom stereocenters. The van der Waals surface area contributed by atoms with Gasteiger partial charge in [0.2, 0.25) is 0 Å². The van der Waals surface area contributed by atoms with E-state index < -0.39 is 50.5 Å². The highest BCUT2D eigenvalue weighted by Crippen LogP contribution is 2.63. The van der Waals surface area contributed by atoms with Crippen molar-refractivity contribution in [3.8, 4) is 17.2 Å². The first-order chi connectivity index (χ1) is 23.3. The summed E-state index contributed by atoms with van der Waals surface area (Å²) in [6.07, 6.45) is 1.39. The van der Waals surface area contributed by atoms with Crippen molar-refractivity contribution in [3.05, 3.63) is 90.6 Å². The summed E-state index contributed by atoms with van der Waals surface area (Å²) >= 11 is 17.6. The lowest BCUT2D eigenvalue weighted by Crippen LogP contribution is -2.59. The minimum absolute atomic E-state index is 0.0492. The number of aromatic hydroxyl groups is 1. The number of fused-ring (bicyclic) bond motifs is 5. The molecule has 14 nitrogen and oxygen atoms in total. The number of rotatable bonds is 7. The first kappa shape index (κ1) is 33.2. The molecule has 4 aromatic rings.